The zero-order valence-corrected chi connectivity index (χ0v) is 8.29. The lowest BCUT2D eigenvalue weighted by molar-refractivity contribution is -0.138. The van der Waals surface area contributed by atoms with Gasteiger partial charge in [0, 0.05) is 19.5 Å². The molecule has 1 N–H and O–H groups in total. The molecule has 13 heavy (non-hydrogen) atoms. The molecule has 3 heteroatoms. The summed E-state index contributed by atoms with van der Waals surface area (Å²) >= 11 is 0. The van der Waals surface area contributed by atoms with E-state index in [2.05, 4.69) is 18.9 Å². The van der Waals surface area contributed by atoms with Crippen LogP contribution in [0.15, 0.2) is 0 Å². The first-order valence-corrected chi connectivity index (χ1v) is 4.94. The predicted octanol–water partition coefficient (Wildman–Crippen LogP) is 1.05. The number of aliphatic carboxylic acids is 1. The molecule has 0 aromatic carbocycles. The molecule has 2 aliphatic rings. The zero-order chi connectivity index (χ0) is 9.64. The maximum absolute atomic E-state index is 10.5. The summed E-state index contributed by atoms with van der Waals surface area (Å²) in [5.74, 6) is 0.397. The number of hydrogen-bond acceptors (Lipinski definition) is 2. The van der Waals surface area contributed by atoms with Gasteiger partial charge in [0.25, 0.3) is 0 Å². The second kappa shape index (κ2) is 2.71. The molecule has 3 nitrogen and oxygen atoms in total. The van der Waals surface area contributed by atoms with Gasteiger partial charge in [-0.25, -0.2) is 0 Å². The second-order valence-electron chi connectivity index (χ2n) is 4.92. The van der Waals surface area contributed by atoms with E-state index in [1.807, 2.05) is 0 Å². The van der Waals surface area contributed by atoms with Gasteiger partial charge in [-0.15, -0.1) is 0 Å². The number of carboxylic acids is 1. The van der Waals surface area contributed by atoms with Crippen LogP contribution in [0.5, 0.6) is 0 Å². The van der Waals surface area contributed by atoms with Gasteiger partial charge < -0.3 is 10.0 Å². The van der Waals surface area contributed by atoms with Crippen LogP contribution in [0, 0.1) is 17.3 Å². The van der Waals surface area contributed by atoms with Crippen molar-refractivity contribution in [2.45, 2.75) is 19.8 Å². The topological polar surface area (TPSA) is 40.5 Å². The molecule has 1 aliphatic heterocycles. The van der Waals surface area contributed by atoms with E-state index in [0.29, 0.717) is 23.7 Å². The highest BCUT2D eigenvalue weighted by atomic mass is 16.4. The van der Waals surface area contributed by atoms with Crippen LogP contribution >= 0.6 is 0 Å². The third-order valence-corrected chi connectivity index (χ3v) is 3.61. The molecule has 1 heterocycles. The average molecular weight is 183 g/mol. The maximum Gasteiger partial charge on any atom is 0.303 e. The second-order valence-corrected chi connectivity index (χ2v) is 4.92. The van der Waals surface area contributed by atoms with Crippen molar-refractivity contribution in [2.75, 3.05) is 20.1 Å². The van der Waals surface area contributed by atoms with Crippen molar-refractivity contribution in [1.29, 1.82) is 0 Å². The Morgan fingerprint density at radius 1 is 1.69 bits per heavy atom. The Balaban J connectivity index is 1.82. The summed E-state index contributed by atoms with van der Waals surface area (Å²) in [6.07, 6.45) is 1.60. The summed E-state index contributed by atoms with van der Waals surface area (Å²) in [6.45, 7) is 4.44. The van der Waals surface area contributed by atoms with E-state index in [-0.39, 0.29) is 0 Å². The molecule has 74 valence electrons. The Kier molecular flexibility index (Phi) is 1.88. The van der Waals surface area contributed by atoms with Crippen molar-refractivity contribution in [3.05, 3.63) is 0 Å². The van der Waals surface area contributed by atoms with Crippen molar-refractivity contribution in [3.63, 3.8) is 0 Å². The van der Waals surface area contributed by atoms with Crippen molar-refractivity contribution in [2.24, 2.45) is 17.3 Å². The molecule has 0 bridgehead atoms. The van der Waals surface area contributed by atoms with Gasteiger partial charge in [0.1, 0.15) is 0 Å². The molecular weight excluding hydrogens is 166 g/mol. The fourth-order valence-corrected chi connectivity index (χ4v) is 2.99. The fourth-order valence-electron chi connectivity index (χ4n) is 2.99. The Morgan fingerprint density at radius 3 is 2.77 bits per heavy atom. The normalized spacial score (nSPS) is 32.6. The first-order chi connectivity index (χ1) is 6.03. The van der Waals surface area contributed by atoms with Gasteiger partial charge in [-0.3, -0.25) is 4.79 Å². The molecule has 0 aromatic rings. The summed E-state index contributed by atoms with van der Waals surface area (Å²) in [6, 6.07) is 0. The standard InChI is InChI=1S/C10H17NO2/c1-7(3-9(12)13)8-4-10(8)5-11(2)6-10/h7-8H,3-6H2,1-2H3,(H,12,13). The summed E-state index contributed by atoms with van der Waals surface area (Å²) < 4.78 is 0. The van der Waals surface area contributed by atoms with E-state index in [1.165, 1.54) is 19.5 Å². The van der Waals surface area contributed by atoms with Crippen LogP contribution in [-0.2, 0) is 4.79 Å². The lowest BCUT2D eigenvalue weighted by Crippen LogP contribution is -2.47. The van der Waals surface area contributed by atoms with E-state index in [0.717, 1.165) is 0 Å². The largest absolute Gasteiger partial charge is 0.481 e. The first-order valence-electron chi connectivity index (χ1n) is 4.94. The third kappa shape index (κ3) is 1.46. The van der Waals surface area contributed by atoms with Crippen molar-refractivity contribution in [1.82, 2.24) is 4.90 Å². The molecule has 2 rings (SSSR count). The minimum atomic E-state index is -0.651. The number of likely N-dealkylation sites (tertiary alicyclic amines) is 1. The summed E-state index contributed by atoms with van der Waals surface area (Å²) in [7, 11) is 2.13. The minimum Gasteiger partial charge on any atom is -0.481 e. The molecule has 2 atom stereocenters. The smallest absolute Gasteiger partial charge is 0.303 e. The quantitative estimate of drug-likeness (QED) is 0.711. The molecule has 1 saturated heterocycles. The molecule has 2 unspecified atom stereocenters. The molecule has 1 spiro atoms. The van der Waals surface area contributed by atoms with E-state index in [4.69, 9.17) is 5.11 Å². The number of carboxylic acid groups (broad SMARTS) is 1. The molecule has 0 amide bonds. The zero-order valence-electron chi connectivity index (χ0n) is 8.29. The van der Waals surface area contributed by atoms with E-state index >= 15 is 0 Å². The van der Waals surface area contributed by atoms with Crippen molar-refractivity contribution in [3.8, 4) is 0 Å². The van der Waals surface area contributed by atoms with Crippen LogP contribution < -0.4 is 0 Å². The van der Waals surface area contributed by atoms with Crippen LogP contribution in [0.3, 0.4) is 0 Å². The van der Waals surface area contributed by atoms with Gasteiger partial charge in [0.2, 0.25) is 0 Å². The van der Waals surface area contributed by atoms with Gasteiger partial charge in [-0.05, 0) is 30.7 Å². The SMILES string of the molecule is CC(CC(=O)O)C1CC12CN(C)C2. The molecule has 0 aromatic heterocycles. The van der Waals surface area contributed by atoms with E-state index in [1.54, 1.807) is 0 Å². The van der Waals surface area contributed by atoms with Gasteiger partial charge in [0.05, 0.1) is 0 Å². The fraction of sp³-hybridized carbons (Fsp3) is 0.900. The molecule has 2 fully saturated rings. The van der Waals surface area contributed by atoms with Gasteiger partial charge in [-0.2, -0.15) is 0 Å². The summed E-state index contributed by atoms with van der Waals surface area (Å²) in [5, 5.41) is 8.66. The Labute approximate surface area is 78.7 Å². The maximum atomic E-state index is 10.5. The van der Waals surface area contributed by atoms with Gasteiger partial charge in [0.15, 0.2) is 0 Å². The van der Waals surface area contributed by atoms with Crippen LogP contribution in [-0.4, -0.2) is 36.1 Å². The molecule has 1 saturated carbocycles. The lowest BCUT2D eigenvalue weighted by atomic mass is 9.88. The predicted molar refractivity (Wildman–Crippen MR) is 49.5 cm³/mol. The van der Waals surface area contributed by atoms with Crippen molar-refractivity contribution >= 4 is 5.97 Å². The highest BCUT2D eigenvalue weighted by Gasteiger charge is 2.61. The van der Waals surface area contributed by atoms with E-state index < -0.39 is 5.97 Å². The Bertz CT molecular complexity index is 233. The van der Waals surface area contributed by atoms with Crippen LogP contribution in [0.25, 0.3) is 0 Å². The van der Waals surface area contributed by atoms with E-state index in [9.17, 15) is 4.79 Å². The molecule has 1 aliphatic carbocycles. The number of hydrogen-bond donors (Lipinski definition) is 1. The van der Waals surface area contributed by atoms with Gasteiger partial charge in [-0.1, -0.05) is 6.92 Å². The van der Waals surface area contributed by atoms with Crippen LogP contribution in [0.1, 0.15) is 19.8 Å². The van der Waals surface area contributed by atoms with Crippen molar-refractivity contribution < 1.29 is 9.90 Å². The summed E-state index contributed by atoms with van der Waals surface area (Å²) in [4.78, 5) is 12.8. The number of rotatable bonds is 3. The lowest BCUT2D eigenvalue weighted by Gasteiger charge is -2.38. The average Bonchev–Trinajstić information content (AvgIpc) is 2.60. The first kappa shape index (κ1) is 9.00. The summed E-state index contributed by atoms with van der Waals surface area (Å²) in [5.41, 5.74) is 0.531. The Morgan fingerprint density at radius 2 is 2.31 bits per heavy atom. The molecule has 0 radical (unpaired) electrons. The molecular formula is C10H17NO2. The van der Waals surface area contributed by atoms with Crippen LogP contribution in [0.2, 0.25) is 0 Å². The number of carbonyl (C=O) groups is 1. The highest BCUT2D eigenvalue weighted by Crippen LogP contribution is 2.61. The monoisotopic (exact) mass is 183 g/mol. The third-order valence-electron chi connectivity index (χ3n) is 3.61. The van der Waals surface area contributed by atoms with Gasteiger partial charge >= 0.3 is 5.97 Å². The highest BCUT2D eigenvalue weighted by molar-refractivity contribution is 5.67. The van der Waals surface area contributed by atoms with Crippen LogP contribution in [0.4, 0.5) is 0 Å². The Hall–Kier alpha value is -0.570. The minimum absolute atomic E-state index is 0.343. The number of nitrogens with zero attached hydrogens (tertiary/aromatic N) is 1.